The third kappa shape index (κ3) is 4.09. The van der Waals surface area contributed by atoms with Crippen LogP contribution in [0, 0.1) is 19.8 Å². The summed E-state index contributed by atoms with van der Waals surface area (Å²) < 4.78 is 38.8. The van der Waals surface area contributed by atoms with Crippen molar-refractivity contribution in [1.29, 1.82) is 0 Å². The van der Waals surface area contributed by atoms with E-state index in [0.717, 1.165) is 17.5 Å². The molecular formula is C16H24F3N3O2. The van der Waals surface area contributed by atoms with Crippen molar-refractivity contribution in [2.24, 2.45) is 5.92 Å². The summed E-state index contributed by atoms with van der Waals surface area (Å²) in [6.45, 7) is 5.05. The molecule has 1 unspecified atom stereocenters. The number of aromatic nitrogens is 2. The van der Waals surface area contributed by atoms with Gasteiger partial charge in [-0.25, -0.2) is 0 Å². The molecule has 1 aliphatic heterocycles. The van der Waals surface area contributed by atoms with Crippen LogP contribution < -0.4 is 0 Å². The maximum Gasteiger partial charge on any atom is 0.408 e. The van der Waals surface area contributed by atoms with E-state index < -0.39 is 18.6 Å². The van der Waals surface area contributed by atoms with Gasteiger partial charge in [-0.2, -0.15) is 18.3 Å². The summed E-state index contributed by atoms with van der Waals surface area (Å²) in [7, 11) is 0. The van der Waals surface area contributed by atoms with Crippen LogP contribution in [0.15, 0.2) is 0 Å². The second-order valence-electron chi connectivity index (χ2n) is 6.53. The monoisotopic (exact) mass is 347 g/mol. The molecule has 1 N–H and O–H groups in total. The lowest BCUT2D eigenvalue weighted by molar-refractivity contribution is -0.143. The minimum atomic E-state index is -4.35. The van der Waals surface area contributed by atoms with Crippen molar-refractivity contribution in [3.8, 4) is 0 Å². The maximum absolute atomic E-state index is 12.7. The average Bonchev–Trinajstić information content (AvgIpc) is 2.78. The summed E-state index contributed by atoms with van der Waals surface area (Å²) in [6.07, 6.45) is -2.85. The molecule has 1 aromatic heterocycles. The summed E-state index contributed by atoms with van der Waals surface area (Å²) >= 11 is 0. The Labute approximate surface area is 139 Å². The van der Waals surface area contributed by atoms with Gasteiger partial charge in [-0.05, 0) is 39.5 Å². The molecule has 0 bridgehead atoms. The van der Waals surface area contributed by atoms with Crippen LogP contribution in [0.4, 0.5) is 13.2 Å². The maximum atomic E-state index is 12.7. The van der Waals surface area contributed by atoms with Crippen molar-refractivity contribution >= 4 is 5.91 Å². The highest BCUT2D eigenvalue weighted by molar-refractivity contribution is 5.84. The van der Waals surface area contributed by atoms with E-state index in [-0.39, 0.29) is 18.4 Å². The minimum absolute atomic E-state index is 0.0934. The number of piperidine rings is 1. The second-order valence-corrected chi connectivity index (χ2v) is 6.53. The SMILES string of the molecule is Cc1nn(CC(F)(F)F)c(C)c1C(C)C(=O)N1CCC(CO)CC1. The standard InChI is InChI=1S/C16H24F3N3O2/c1-10(15(24)21-6-4-13(8-23)5-7-21)14-11(2)20-22(12(14)3)9-16(17,18)19/h10,13,23H,4-9H2,1-3H3. The Balaban J connectivity index is 2.14. The topological polar surface area (TPSA) is 58.4 Å². The number of rotatable bonds is 4. The quantitative estimate of drug-likeness (QED) is 0.910. The van der Waals surface area contributed by atoms with Gasteiger partial charge in [0.2, 0.25) is 5.91 Å². The number of carbonyl (C=O) groups excluding carboxylic acids is 1. The summed E-state index contributed by atoms with van der Waals surface area (Å²) in [5.74, 6) is -0.399. The molecule has 0 spiro atoms. The molecule has 24 heavy (non-hydrogen) atoms. The van der Waals surface area contributed by atoms with Crippen molar-refractivity contribution < 1.29 is 23.1 Å². The van der Waals surface area contributed by atoms with Crippen LogP contribution in [-0.2, 0) is 11.3 Å². The molecule has 0 radical (unpaired) electrons. The largest absolute Gasteiger partial charge is 0.408 e. The Morgan fingerprint density at radius 1 is 1.33 bits per heavy atom. The highest BCUT2D eigenvalue weighted by atomic mass is 19.4. The number of amides is 1. The number of carbonyl (C=O) groups is 1. The van der Waals surface area contributed by atoms with Crippen molar-refractivity contribution in [3.05, 3.63) is 17.0 Å². The van der Waals surface area contributed by atoms with Crippen LogP contribution in [0.5, 0.6) is 0 Å². The zero-order valence-electron chi connectivity index (χ0n) is 14.2. The summed E-state index contributed by atoms with van der Waals surface area (Å²) in [5, 5.41) is 13.1. The number of aliphatic hydroxyl groups excluding tert-OH is 1. The molecule has 1 amide bonds. The van der Waals surface area contributed by atoms with E-state index in [4.69, 9.17) is 5.11 Å². The number of aliphatic hydroxyl groups is 1. The van der Waals surface area contributed by atoms with E-state index >= 15 is 0 Å². The van der Waals surface area contributed by atoms with Crippen LogP contribution in [0.3, 0.4) is 0 Å². The molecule has 1 saturated heterocycles. The lowest BCUT2D eigenvalue weighted by atomic mass is 9.94. The van der Waals surface area contributed by atoms with Gasteiger partial charge >= 0.3 is 6.18 Å². The predicted octanol–water partition coefficient (Wildman–Crippen LogP) is 2.40. The summed E-state index contributed by atoms with van der Waals surface area (Å²) in [6, 6.07) is 0. The third-order valence-corrected chi connectivity index (χ3v) is 4.75. The number of alkyl halides is 3. The second kappa shape index (κ2) is 7.13. The average molecular weight is 347 g/mol. The van der Waals surface area contributed by atoms with Crippen molar-refractivity contribution in [1.82, 2.24) is 14.7 Å². The van der Waals surface area contributed by atoms with Gasteiger partial charge in [0.1, 0.15) is 6.54 Å². The van der Waals surface area contributed by atoms with Gasteiger partial charge in [0, 0.05) is 31.0 Å². The first kappa shape index (κ1) is 18.8. The smallest absolute Gasteiger partial charge is 0.396 e. The molecule has 2 rings (SSSR count). The molecule has 1 aromatic rings. The number of hydrogen-bond donors (Lipinski definition) is 1. The molecule has 0 aliphatic carbocycles. The van der Waals surface area contributed by atoms with Crippen LogP contribution in [0.1, 0.15) is 42.6 Å². The summed E-state index contributed by atoms with van der Waals surface area (Å²) in [5.41, 5.74) is 1.42. The first-order valence-electron chi connectivity index (χ1n) is 8.14. The molecule has 136 valence electrons. The molecule has 1 atom stereocenters. The molecule has 1 fully saturated rings. The van der Waals surface area contributed by atoms with Crippen LogP contribution in [0.25, 0.3) is 0 Å². The van der Waals surface area contributed by atoms with E-state index in [9.17, 15) is 18.0 Å². The highest BCUT2D eigenvalue weighted by Gasteiger charge is 2.33. The fourth-order valence-electron chi connectivity index (χ4n) is 3.39. The molecule has 1 aliphatic rings. The van der Waals surface area contributed by atoms with E-state index in [1.54, 1.807) is 25.7 Å². The fourth-order valence-corrected chi connectivity index (χ4v) is 3.39. The van der Waals surface area contributed by atoms with Crippen LogP contribution in [0.2, 0.25) is 0 Å². The van der Waals surface area contributed by atoms with Gasteiger partial charge in [0.25, 0.3) is 0 Å². The lowest BCUT2D eigenvalue weighted by Crippen LogP contribution is -2.41. The van der Waals surface area contributed by atoms with Gasteiger partial charge in [-0.3, -0.25) is 9.48 Å². The van der Waals surface area contributed by atoms with Gasteiger partial charge < -0.3 is 10.0 Å². The Morgan fingerprint density at radius 3 is 2.42 bits per heavy atom. The molecule has 2 heterocycles. The molecule has 0 saturated carbocycles. The van der Waals surface area contributed by atoms with E-state index in [0.29, 0.717) is 30.0 Å². The number of hydrogen-bond acceptors (Lipinski definition) is 3. The number of nitrogens with zero attached hydrogens (tertiary/aromatic N) is 3. The van der Waals surface area contributed by atoms with E-state index in [1.807, 2.05) is 0 Å². The van der Waals surface area contributed by atoms with E-state index in [2.05, 4.69) is 5.10 Å². The molecule has 0 aromatic carbocycles. The van der Waals surface area contributed by atoms with Gasteiger partial charge in [0.15, 0.2) is 0 Å². The van der Waals surface area contributed by atoms with Gasteiger partial charge in [-0.15, -0.1) is 0 Å². The molecule has 8 heteroatoms. The Morgan fingerprint density at radius 2 is 1.92 bits per heavy atom. The minimum Gasteiger partial charge on any atom is -0.396 e. The normalized spacial score (nSPS) is 18.0. The summed E-state index contributed by atoms with van der Waals surface area (Å²) in [4.78, 5) is 14.4. The number of aryl methyl sites for hydroxylation is 1. The Bertz CT molecular complexity index is 590. The lowest BCUT2D eigenvalue weighted by Gasteiger charge is -2.33. The predicted molar refractivity (Wildman–Crippen MR) is 82.6 cm³/mol. The van der Waals surface area contributed by atoms with Crippen molar-refractivity contribution in [3.63, 3.8) is 0 Å². The zero-order chi connectivity index (χ0) is 18.1. The first-order valence-corrected chi connectivity index (χ1v) is 8.14. The molecule has 5 nitrogen and oxygen atoms in total. The Kier molecular flexibility index (Phi) is 5.57. The fraction of sp³-hybridized carbons (Fsp3) is 0.750. The highest BCUT2D eigenvalue weighted by Crippen LogP contribution is 2.29. The molecular weight excluding hydrogens is 323 g/mol. The van der Waals surface area contributed by atoms with Crippen LogP contribution >= 0.6 is 0 Å². The Hall–Kier alpha value is -1.57. The van der Waals surface area contributed by atoms with Crippen molar-refractivity contribution in [2.75, 3.05) is 19.7 Å². The zero-order valence-corrected chi connectivity index (χ0v) is 14.2. The van der Waals surface area contributed by atoms with Crippen LogP contribution in [-0.4, -0.2) is 51.6 Å². The van der Waals surface area contributed by atoms with Gasteiger partial charge in [0.05, 0.1) is 11.6 Å². The number of likely N-dealkylation sites (tertiary alicyclic amines) is 1. The van der Waals surface area contributed by atoms with Gasteiger partial charge in [-0.1, -0.05) is 0 Å². The third-order valence-electron chi connectivity index (χ3n) is 4.75. The first-order chi connectivity index (χ1) is 11.1. The van der Waals surface area contributed by atoms with Crippen molar-refractivity contribution in [2.45, 2.75) is 52.3 Å². The number of halogens is 3. The van der Waals surface area contributed by atoms with E-state index in [1.165, 1.54) is 0 Å².